The highest BCUT2D eigenvalue weighted by Gasteiger charge is 2.59. The second-order valence-electron chi connectivity index (χ2n) is 7.86. The molecule has 169 valence electrons. The summed E-state index contributed by atoms with van der Waals surface area (Å²) in [6.07, 6.45) is 5.29. The molecule has 0 saturated heterocycles. The van der Waals surface area contributed by atoms with Gasteiger partial charge < -0.3 is 19.5 Å². The second kappa shape index (κ2) is 10.0. The fraction of sp³-hybridized carbons (Fsp3) is 0.333. The first kappa shape index (κ1) is 23.6. The van der Waals surface area contributed by atoms with Crippen LogP contribution in [0.1, 0.15) is 25.3 Å². The Kier molecular flexibility index (Phi) is 7.41. The normalized spacial score (nSPS) is 22.5. The van der Waals surface area contributed by atoms with Gasteiger partial charge in [0.1, 0.15) is 11.5 Å². The highest BCUT2D eigenvalue weighted by molar-refractivity contribution is 5.92. The van der Waals surface area contributed by atoms with Crippen molar-refractivity contribution in [1.29, 1.82) is 0 Å². The molecule has 32 heavy (non-hydrogen) atoms. The molecular weight excluding hydrogens is 402 g/mol. The molecule has 2 aromatic rings. The molecule has 0 bridgehead atoms. The van der Waals surface area contributed by atoms with Crippen LogP contribution in [0.5, 0.6) is 0 Å². The number of benzene rings is 2. The van der Waals surface area contributed by atoms with E-state index in [4.69, 9.17) is 14.2 Å². The lowest BCUT2D eigenvalue weighted by atomic mass is 9.64. The van der Waals surface area contributed by atoms with Gasteiger partial charge in [-0.1, -0.05) is 67.9 Å². The number of amides is 1. The Balaban J connectivity index is 2.12. The van der Waals surface area contributed by atoms with Crippen LogP contribution in [0.4, 0.5) is 0 Å². The summed E-state index contributed by atoms with van der Waals surface area (Å²) in [6.45, 7) is 7.14. The van der Waals surface area contributed by atoms with Crippen LogP contribution in [0.15, 0.2) is 78.3 Å². The van der Waals surface area contributed by atoms with Gasteiger partial charge in [-0.3, -0.25) is 4.79 Å². The van der Waals surface area contributed by atoms with E-state index >= 15 is 0 Å². The Morgan fingerprint density at radius 2 is 1.62 bits per heavy atom. The van der Waals surface area contributed by atoms with Gasteiger partial charge in [-0.25, -0.2) is 0 Å². The zero-order valence-electron chi connectivity index (χ0n) is 19.3. The predicted octanol–water partition coefficient (Wildman–Crippen LogP) is 4.80. The third-order valence-corrected chi connectivity index (χ3v) is 6.09. The van der Waals surface area contributed by atoms with E-state index in [-0.39, 0.29) is 5.91 Å². The average molecular weight is 435 g/mol. The maximum absolute atomic E-state index is 13.6. The summed E-state index contributed by atoms with van der Waals surface area (Å²) in [5.41, 5.74) is 0.356. The molecular formula is C27H32NO4. The first-order valence-corrected chi connectivity index (χ1v) is 10.8. The molecule has 5 heteroatoms. The minimum atomic E-state index is -1.46. The number of rotatable bonds is 9. The number of ether oxygens (including phenoxy) is 3. The number of allylic oxidation sites excluding steroid dienone is 1. The van der Waals surface area contributed by atoms with E-state index in [1.807, 2.05) is 42.5 Å². The number of carbonyl (C=O) groups is 1. The molecule has 2 atom stereocenters. The molecule has 0 aliphatic heterocycles. The van der Waals surface area contributed by atoms with Gasteiger partial charge >= 0.3 is 0 Å². The van der Waals surface area contributed by atoms with Crippen LogP contribution in [0.3, 0.4) is 0 Å². The first-order chi connectivity index (χ1) is 15.5. The first-order valence-electron chi connectivity index (χ1n) is 10.8. The topological polar surface area (TPSA) is 56.8 Å². The van der Waals surface area contributed by atoms with Crippen molar-refractivity contribution in [3.8, 4) is 11.1 Å². The number of hydrogen-bond acceptors (Lipinski definition) is 4. The second-order valence-corrected chi connectivity index (χ2v) is 7.86. The molecule has 2 unspecified atom stereocenters. The molecule has 1 amide bonds. The minimum Gasteiger partial charge on any atom is -0.500 e. The van der Waals surface area contributed by atoms with E-state index in [0.717, 1.165) is 29.5 Å². The van der Waals surface area contributed by atoms with Gasteiger partial charge in [0, 0.05) is 25.8 Å². The Bertz CT molecular complexity index is 980. The van der Waals surface area contributed by atoms with Gasteiger partial charge in [0.25, 0.3) is 5.91 Å². The third-order valence-electron chi connectivity index (χ3n) is 6.09. The highest BCUT2D eigenvalue weighted by atomic mass is 16.5. The maximum Gasteiger partial charge on any atom is 0.257 e. The summed E-state index contributed by atoms with van der Waals surface area (Å²) in [6, 6.07) is 18.1. The fourth-order valence-electron chi connectivity index (χ4n) is 4.18. The SMILES string of the molecule is [CH2]C1(c2ccc(-c3ccccc3)cc2)C(OC)=CC(OC)=CC1(OC)C(=O)NCCCC. The van der Waals surface area contributed by atoms with Gasteiger partial charge in [0.15, 0.2) is 5.60 Å². The van der Waals surface area contributed by atoms with Crippen LogP contribution < -0.4 is 5.32 Å². The van der Waals surface area contributed by atoms with Crippen LogP contribution in [0.2, 0.25) is 0 Å². The van der Waals surface area contributed by atoms with Crippen molar-refractivity contribution in [3.63, 3.8) is 0 Å². The Hall–Kier alpha value is -3.05. The van der Waals surface area contributed by atoms with Crippen LogP contribution in [0.25, 0.3) is 11.1 Å². The molecule has 0 spiro atoms. The van der Waals surface area contributed by atoms with Crippen molar-refractivity contribution in [1.82, 2.24) is 5.32 Å². The summed E-state index contributed by atoms with van der Waals surface area (Å²) in [7, 11) is 4.63. The quantitative estimate of drug-likeness (QED) is 0.576. The lowest BCUT2D eigenvalue weighted by Crippen LogP contribution is -2.62. The van der Waals surface area contributed by atoms with E-state index in [1.54, 1.807) is 26.4 Å². The highest BCUT2D eigenvalue weighted by Crippen LogP contribution is 2.48. The van der Waals surface area contributed by atoms with E-state index in [2.05, 4.69) is 31.3 Å². The Morgan fingerprint density at radius 3 is 2.19 bits per heavy atom. The van der Waals surface area contributed by atoms with E-state index < -0.39 is 11.0 Å². The summed E-state index contributed by atoms with van der Waals surface area (Å²) < 4.78 is 17.2. The molecule has 3 rings (SSSR count). The smallest absolute Gasteiger partial charge is 0.257 e. The largest absolute Gasteiger partial charge is 0.500 e. The van der Waals surface area contributed by atoms with Gasteiger partial charge in [0.05, 0.1) is 19.6 Å². The summed E-state index contributed by atoms with van der Waals surface area (Å²) in [5, 5.41) is 3.01. The van der Waals surface area contributed by atoms with Crippen LogP contribution in [0, 0.1) is 6.92 Å². The molecule has 1 aliphatic rings. The van der Waals surface area contributed by atoms with Crippen molar-refractivity contribution in [2.45, 2.75) is 30.8 Å². The van der Waals surface area contributed by atoms with Crippen molar-refractivity contribution >= 4 is 5.91 Å². The number of unbranched alkanes of at least 4 members (excludes halogenated alkanes) is 1. The molecule has 5 nitrogen and oxygen atoms in total. The molecule has 0 fully saturated rings. The van der Waals surface area contributed by atoms with E-state index in [1.165, 1.54) is 7.11 Å². The van der Waals surface area contributed by atoms with E-state index in [0.29, 0.717) is 18.1 Å². The number of hydrogen-bond donors (Lipinski definition) is 1. The zero-order valence-corrected chi connectivity index (χ0v) is 19.3. The fourth-order valence-corrected chi connectivity index (χ4v) is 4.18. The molecule has 0 heterocycles. The molecule has 1 N–H and O–H groups in total. The lowest BCUT2D eigenvalue weighted by molar-refractivity contribution is -0.144. The van der Waals surface area contributed by atoms with Crippen molar-refractivity contribution in [2.24, 2.45) is 0 Å². The van der Waals surface area contributed by atoms with E-state index in [9.17, 15) is 4.79 Å². The summed E-state index contributed by atoms with van der Waals surface area (Å²) in [5.74, 6) is 0.680. The summed E-state index contributed by atoms with van der Waals surface area (Å²) in [4.78, 5) is 13.6. The molecule has 1 aliphatic carbocycles. The van der Waals surface area contributed by atoms with Crippen molar-refractivity contribution in [3.05, 3.63) is 90.8 Å². The molecule has 1 radical (unpaired) electrons. The standard InChI is InChI=1S/C27H32NO4/c1-6-7-17-28-25(29)27(32-5)19-23(30-3)18-24(31-4)26(27,2)22-15-13-21(14-16-22)20-11-9-8-10-12-20/h8-16,18-19H,2,6-7,17H2,1,3-5H3,(H,28,29). The molecule has 2 aromatic carbocycles. The van der Waals surface area contributed by atoms with Crippen molar-refractivity contribution in [2.75, 3.05) is 27.9 Å². The molecule has 0 aromatic heterocycles. The van der Waals surface area contributed by atoms with Crippen LogP contribution in [-0.4, -0.2) is 39.4 Å². The number of nitrogens with one attached hydrogen (secondary N) is 1. The maximum atomic E-state index is 13.6. The van der Waals surface area contributed by atoms with Crippen LogP contribution in [-0.2, 0) is 24.4 Å². The monoisotopic (exact) mass is 434 g/mol. The Morgan fingerprint density at radius 1 is 0.969 bits per heavy atom. The predicted molar refractivity (Wildman–Crippen MR) is 127 cm³/mol. The Labute approximate surface area is 191 Å². The van der Waals surface area contributed by atoms with Crippen molar-refractivity contribution < 1.29 is 19.0 Å². The van der Waals surface area contributed by atoms with Gasteiger partial charge in [0.2, 0.25) is 0 Å². The summed E-state index contributed by atoms with van der Waals surface area (Å²) >= 11 is 0. The number of carbonyl (C=O) groups excluding carboxylic acids is 1. The zero-order chi connectivity index (χ0) is 23.2. The third kappa shape index (κ3) is 4.05. The van der Waals surface area contributed by atoms with Gasteiger partial charge in [-0.15, -0.1) is 0 Å². The van der Waals surface area contributed by atoms with Gasteiger partial charge in [-0.2, -0.15) is 0 Å². The van der Waals surface area contributed by atoms with Gasteiger partial charge in [-0.05, 0) is 30.0 Å². The lowest BCUT2D eigenvalue weighted by Gasteiger charge is -2.47. The van der Waals surface area contributed by atoms with Crippen LogP contribution >= 0.6 is 0 Å². The number of methoxy groups -OCH3 is 3. The molecule has 0 saturated carbocycles. The minimum absolute atomic E-state index is 0.284. The average Bonchev–Trinajstić information content (AvgIpc) is 2.84.